The first-order chi connectivity index (χ1) is 6.40. The Labute approximate surface area is 75.4 Å². The fourth-order valence-electron chi connectivity index (χ4n) is 1.25. The van der Waals surface area contributed by atoms with E-state index in [9.17, 15) is 0 Å². The molecule has 1 fully saturated rings. The van der Waals surface area contributed by atoms with Crippen LogP contribution in [0.2, 0.25) is 0 Å². The summed E-state index contributed by atoms with van der Waals surface area (Å²) in [5, 5.41) is 3.45. The van der Waals surface area contributed by atoms with Crippen molar-refractivity contribution in [2.45, 2.75) is 12.2 Å². The predicted molar refractivity (Wildman–Crippen MR) is 45.6 cm³/mol. The Morgan fingerprint density at radius 1 is 1.54 bits per heavy atom. The van der Waals surface area contributed by atoms with Crippen molar-refractivity contribution in [3.8, 4) is 0 Å². The van der Waals surface area contributed by atoms with E-state index in [1.807, 2.05) is 12.2 Å². The second-order valence-electron chi connectivity index (χ2n) is 2.65. The molecule has 0 aromatic carbocycles. The van der Waals surface area contributed by atoms with Crippen LogP contribution >= 0.6 is 0 Å². The molecule has 0 bridgehead atoms. The second kappa shape index (κ2) is 3.59. The van der Waals surface area contributed by atoms with E-state index in [1.165, 1.54) is 0 Å². The molecular weight excluding hydrogens is 172 g/mol. The number of oxime groups is 1. The van der Waals surface area contributed by atoms with E-state index in [0.29, 0.717) is 12.6 Å². The average molecular weight is 182 g/mol. The van der Waals surface area contributed by atoms with Crippen LogP contribution in [0, 0.1) is 0 Å². The SMILES string of the molecule is NC=NOC1=CC2OCOC2C=C1. The van der Waals surface area contributed by atoms with Crippen LogP contribution in [0.1, 0.15) is 0 Å². The number of allylic oxidation sites excluding steroid dienone is 1. The molecule has 1 heterocycles. The molecule has 5 heteroatoms. The number of nitrogens with two attached hydrogens (primary N) is 1. The molecule has 5 nitrogen and oxygen atoms in total. The molecule has 0 radical (unpaired) electrons. The van der Waals surface area contributed by atoms with Crippen LogP contribution < -0.4 is 5.73 Å². The van der Waals surface area contributed by atoms with Crippen LogP contribution in [0.3, 0.4) is 0 Å². The highest BCUT2D eigenvalue weighted by Crippen LogP contribution is 2.22. The molecule has 2 N–H and O–H groups in total. The normalized spacial score (nSPS) is 31.8. The van der Waals surface area contributed by atoms with Gasteiger partial charge < -0.3 is 20.0 Å². The van der Waals surface area contributed by atoms with Gasteiger partial charge >= 0.3 is 0 Å². The topological polar surface area (TPSA) is 66.1 Å². The van der Waals surface area contributed by atoms with Gasteiger partial charge in [-0.1, -0.05) is 5.16 Å². The maximum absolute atomic E-state index is 5.25. The summed E-state index contributed by atoms with van der Waals surface area (Å²) in [6.45, 7) is 0.323. The minimum absolute atomic E-state index is 0.00852. The molecule has 0 saturated carbocycles. The number of hydrogen-bond donors (Lipinski definition) is 1. The first-order valence-corrected chi connectivity index (χ1v) is 3.94. The van der Waals surface area contributed by atoms with Gasteiger partial charge in [0.25, 0.3) is 0 Å². The number of fused-ring (bicyclic) bond motifs is 1. The van der Waals surface area contributed by atoms with E-state index < -0.39 is 0 Å². The summed E-state index contributed by atoms with van der Waals surface area (Å²) in [5.41, 5.74) is 5.03. The van der Waals surface area contributed by atoms with Crippen molar-refractivity contribution in [3.05, 3.63) is 24.0 Å². The van der Waals surface area contributed by atoms with Crippen molar-refractivity contribution >= 4 is 6.34 Å². The van der Waals surface area contributed by atoms with Gasteiger partial charge in [-0.3, -0.25) is 0 Å². The standard InChI is InChI=1S/C8H10N2O3/c9-4-10-13-6-1-2-7-8(3-6)12-5-11-7/h1-4,7-8H,5H2,(H2,9,10). The highest BCUT2D eigenvalue weighted by Gasteiger charge is 2.28. The lowest BCUT2D eigenvalue weighted by molar-refractivity contribution is 0.0501. The zero-order valence-electron chi connectivity index (χ0n) is 6.92. The minimum Gasteiger partial charge on any atom is -0.387 e. The monoisotopic (exact) mass is 182 g/mol. The van der Waals surface area contributed by atoms with E-state index in [-0.39, 0.29) is 12.2 Å². The van der Waals surface area contributed by atoms with Gasteiger partial charge in [-0.05, 0) is 18.2 Å². The molecule has 1 aliphatic carbocycles. The summed E-state index contributed by atoms with van der Waals surface area (Å²) in [6.07, 6.45) is 6.50. The maximum Gasteiger partial charge on any atom is 0.156 e. The van der Waals surface area contributed by atoms with Gasteiger partial charge in [0.05, 0.1) is 0 Å². The van der Waals surface area contributed by atoms with Crippen molar-refractivity contribution in [1.29, 1.82) is 0 Å². The lowest BCUT2D eigenvalue weighted by atomic mass is 10.1. The Morgan fingerprint density at radius 2 is 2.38 bits per heavy atom. The molecule has 1 saturated heterocycles. The van der Waals surface area contributed by atoms with Gasteiger partial charge in [0, 0.05) is 0 Å². The third kappa shape index (κ3) is 1.71. The van der Waals surface area contributed by atoms with Gasteiger partial charge in [-0.25, -0.2) is 0 Å². The van der Waals surface area contributed by atoms with E-state index in [4.69, 9.17) is 20.0 Å². The largest absolute Gasteiger partial charge is 0.387 e. The van der Waals surface area contributed by atoms with E-state index in [0.717, 1.165) is 6.34 Å². The van der Waals surface area contributed by atoms with Gasteiger partial charge in [0.15, 0.2) is 5.76 Å². The molecule has 2 aliphatic rings. The van der Waals surface area contributed by atoms with E-state index >= 15 is 0 Å². The van der Waals surface area contributed by atoms with Crippen molar-refractivity contribution in [2.24, 2.45) is 10.9 Å². The van der Waals surface area contributed by atoms with Crippen LogP contribution in [-0.4, -0.2) is 25.3 Å². The molecule has 70 valence electrons. The fourth-order valence-corrected chi connectivity index (χ4v) is 1.25. The summed E-state index contributed by atoms with van der Waals surface area (Å²) in [4.78, 5) is 4.92. The first kappa shape index (κ1) is 8.28. The molecule has 0 aromatic heterocycles. The van der Waals surface area contributed by atoms with E-state index in [2.05, 4.69) is 5.16 Å². The average Bonchev–Trinajstić information content (AvgIpc) is 2.61. The van der Waals surface area contributed by atoms with Crippen molar-refractivity contribution in [3.63, 3.8) is 0 Å². The van der Waals surface area contributed by atoms with Crippen LogP contribution in [-0.2, 0) is 14.3 Å². The molecular formula is C8H10N2O3. The second-order valence-corrected chi connectivity index (χ2v) is 2.65. The summed E-state index contributed by atoms with van der Waals surface area (Å²) in [6, 6.07) is 0. The summed E-state index contributed by atoms with van der Waals surface area (Å²) < 4.78 is 10.5. The molecule has 0 spiro atoms. The molecule has 13 heavy (non-hydrogen) atoms. The predicted octanol–water partition coefficient (Wildman–Crippen LogP) is 0.100. The molecule has 0 amide bonds. The zero-order valence-corrected chi connectivity index (χ0v) is 6.92. The molecule has 0 aromatic rings. The minimum atomic E-state index is -0.0621. The van der Waals surface area contributed by atoms with Gasteiger partial charge in [0.1, 0.15) is 25.3 Å². The van der Waals surface area contributed by atoms with E-state index in [1.54, 1.807) is 6.08 Å². The Balaban J connectivity index is 2.02. The van der Waals surface area contributed by atoms with Crippen molar-refractivity contribution in [2.75, 3.05) is 6.79 Å². The number of ether oxygens (including phenoxy) is 2. The molecule has 1 aliphatic heterocycles. The highest BCUT2D eigenvalue weighted by molar-refractivity contribution is 5.50. The number of rotatable bonds is 2. The summed E-state index contributed by atoms with van der Waals surface area (Å²) in [7, 11) is 0. The molecule has 2 unspecified atom stereocenters. The van der Waals surface area contributed by atoms with Crippen LogP contribution in [0.5, 0.6) is 0 Å². The Kier molecular flexibility index (Phi) is 2.29. The maximum atomic E-state index is 5.25. The quantitative estimate of drug-likeness (QED) is 0.373. The Bertz CT molecular complexity index is 273. The van der Waals surface area contributed by atoms with Crippen molar-refractivity contribution < 1.29 is 14.3 Å². The summed E-state index contributed by atoms with van der Waals surface area (Å²) in [5.74, 6) is 0.619. The van der Waals surface area contributed by atoms with Crippen LogP contribution in [0.4, 0.5) is 0 Å². The van der Waals surface area contributed by atoms with Gasteiger partial charge in [0.2, 0.25) is 0 Å². The number of nitrogens with zero attached hydrogens (tertiary/aromatic N) is 1. The van der Waals surface area contributed by atoms with Crippen molar-refractivity contribution in [1.82, 2.24) is 0 Å². The first-order valence-electron chi connectivity index (χ1n) is 3.94. The zero-order chi connectivity index (χ0) is 9.10. The van der Waals surface area contributed by atoms with Crippen LogP contribution in [0.15, 0.2) is 29.1 Å². The van der Waals surface area contributed by atoms with Gasteiger partial charge in [-0.2, -0.15) is 0 Å². The highest BCUT2D eigenvalue weighted by atomic mass is 16.7. The number of hydrogen-bond acceptors (Lipinski definition) is 4. The Hall–Kier alpha value is -1.33. The lowest BCUT2D eigenvalue weighted by Crippen LogP contribution is -2.21. The third-order valence-corrected chi connectivity index (χ3v) is 1.84. The fraction of sp³-hybridized carbons (Fsp3) is 0.375. The lowest BCUT2D eigenvalue weighted by Gasteiger charge is -2.14. The molecule has 2 rings (SSSR count). The Morgan fingerprint density at radius 3 is 3.23 bits per heavy atom. The van der Waals surface area contributed by atoms with Gasteiger partial charge in [-0.15, -0.1) is 0 Å². The summed E-state index contributed by atoms with van der Waals surface area (Å²) >= 11 is 0. The smallest absolute Gasteiger partial charge is 0.156 e. The van der Waals surface area contributed by atoms with Crippen LogP contribution in [0.25, 0.3) is 0 Å². The molecule has 2 atom stereocenters. The third-order valence-electron chi connectivity index (χ3n) is 1.84.